The lowest BCUT2D eigenvalue weighted by atomic mass is 10.1. The molecule has 0 saturated carbocycles. The van der Waals surface area contributed by atoms with Gasteiger partial charge in [0.05, 0.1) is 17.6 Å². The van der Waals surface area contributed by atoms with E-state index in [0.717, 1.165) is 16.9 Å². The monoisotopic (exact) mass is 616 g/mol. The van der Waals surface area contributed by atoms with Crippen molar-refractivity contribution in [3.63, 3.8) is 0 Å². The number of halogens is 3. The molecule has 14 nitrogen and oxygen atoms in total. The van der Waals surface area contributed by atoms with Gasteiger partial charge in [-0.2, -0.15) is 18.3 Å². The number of aliphatic carboxylic acids is 1. The van der Waals surface area contributed by atoms with Crippen LogP contribution in [0.25, 0.3) is 16.7 Å². The highest BCUT2D eigenvalue weighted by Crippen LogP contribution is 2.33. The molecule has 2 aromatic heterocycles. The predicted molar refractivity (Wildman–Crippen MR) is 152 cm³/mol. The van der Waals surface area contributed by atoms with E-state index in [4.69, 9.17) is 25.9 Å². The van der Waals surface area contributed by atoms with Crippen molar-refractivity contribution in [2.75, 3.05) is 49.8 Å². The quantitative estimate of drug-likeness (QED) is 0.289. The molecule has 0 fully saturated rings. The first kappa shape index (κ1) is 31.5. The van der Waals surface area contributed by atoms with Crippen LogP contribution >= 0.6 is 0 Å². The summed E-state index contributed by atoms with van der Waals surface area (Å²) >= 11 is 0. The summed E-state index contributed by atoms with van der Waals surface area (Å²) in [5.74, 6) is -3.70. The molecule has 5 rings (SSSR count). The largest absolute Gasteiger partial charge is 0.490 e. The van der Waals surface area contributed by atoms with Gasteiger partial charge in [-0.3, -0.25) is 14.4 Å². The molecule has 232 valence electrons. The number of amides is 3. The van der Waals surface area contributed by atoms with Crippen molar-refractivity contribution in [1.29, 1.82) is 0 Å². The van der Waals surface area contributed by atoms with Crippen LogP contribution in [0.1, 0.15) is 26.5 Å². The number of nitrogens with two attached hydrogens (primary N) is 2. The number of benzene rings is 2. The van der Waals surface area contributed by atoms with Gasteiger partial charge in [0.1, 0.15) is 5.69 Å². The fourth-order valence-corrected chi connectivity index (χ4v) is 4.39. The molecular weight excluding hydrogens is 589 g/mol. The van der Waals surface area contributed by atoms with Gasteiger partial charge in [-0.1, -0.05) is 5.16 Å². The number of carboxylic acids is 1. The molecule has 4 aromatic rings. The van der Waals surface area contributed by atoms with Crippen molar-refractivity contribution in [2.24, 2.45) is 5.73 Å². The fourth-order valence-electron chi connectivity index (χ4n) is 4.39. The summed E-state index contributed by atoms with van der Waals surface area (Å²) in [4.78, 5) is 52.1. The molecule has 0 radical (unpaired) electrons. The molecule has 0 unspecified atom stereocenters. The summed E-state index contributed by atoms with van der Waals surface area (Å²) in [6.45, 7) is 0.721. The lowest BCUT2D eigenvalue weighted by Crippen LogP contribution is -2.35. The van der Waals surface area contributed by atoms with E-state index in [1.165, 1.54) is 10.7 Å². The third kappa shape index (κ3) is 6.46. The molecule has 0 bridgehead atoms. The zero-order valence-corrected chi connectivity index (χ0v) is 23.6. The molecule has 0 saturated heterocycles. The van der Waals surface area contributed by atoms with Gasteiger partial charge in [0.25, 0.3) is 11.8 Å². The first-order valence-corrected chi connectivity index (χ1v) is 12.8. The number of anilines is 3. The molecule has 3 heterocycles. The number of nitrogens with zero attached hydrogens (tertiary/aromatic N) is 6. The van der Waals surface area contributed by atoms with Crippen LogP contribution in [0.15, 0.2) is 47.0 Å². The van der Waals surface area contributed by atoms with Crippen LogP contribution in [0, 0.1) is 0 Å². The van der Waals surface area contributed by atoms with Crippen molar-refractivity contribution < 1.29 is 42.0 Å². The number of carboxylic acid groups (broad SMARTS) is 1. The smallest absolute Gasteiger partial charge is 0.475 e. The number of carbonyl (C=O) groups excluding carboxylic acids is 3. The van der Waals surface area contributed by atoms with E-state index in [1.807, 2.05) is 37.2 Å². The second-order valence-electron chi connectivity index (χ2n) is 9.95. The minimum absolute atomic E-state index is 0.0378. The lowest BCUT2D eigenvalue weighted by Gasteiger charge is -2.22. The van der Waals surface area contributed by atoms with Gasteiger partial charge >= 0.3 is 12.1 Å². The highest BCUT2D eigenvalue weighted by molar-refractivity contribution is 6.08. The third-order valence-corrected chi connectivity index (χ3v) is 6.57. The zero-order valence-electron chi connectivity index (χ0n) is 23.6. The normalized spacial score (nSPS) is 12.6. The summed E-state index contributed by atoms with van der Waals surface area (Å²) in [6.07, 6.45) is -4.47. The number of rotatable bonds is 6. The highest BCUT2D eigenvalue weighted by Gasteiger charge is 2.38. The summed E-state index contributed by atoms with van der Waals surface area (Å²) < 4.78 is 38.3. The number of aromatic nitrogens is 3. The molecule has 44 heavy (non-hydrogen) atoms. The van der Waals surface area contributed by atoms with E-state index in [2.05, 4.69) is 10.3 Å². The lowest BCUT2D eigenvalue weighted by molar-refractivity contribution is -0.192. The predicted octanol–water partition coefficient (Wildman–Crippen LogP) is 2.06. The van der Waals surface area contributed by atoms with Crippen molar-refractivity contribution >= 4 is 51.9 Å². The second-order valence-corrected chi connectivity index (χ2v) is 9.95. The maximum atomic E-state index is 13.8. The maximum Gasteiger partial charge on any atom is 0.490 e. The molecule has 0 atom stereocenters. The maximum absolute atomic E-state index is 13.8. The molecule has 1 aliphatic heterocycles. The number of carbonyl (C=O) groups is 4. The van der Waals surface area contributed by atoms with Gasteiger partial charge in [-0.05, 0) is 62.5 Å². The number of hydrogen-bond donors (Lipinski definition) is 3. The summed E-state index contributed by atoms with van der Waals surface area (Å²) in [7, 11) is 5.41. The Hall–Kier alpha value is -5.45. The van der Waals surface area contributed by atoms with Crippen molar-refractivity contribution in [3.8, 4) is 5.69 Å². The van der Waals surface area contributed by atoms with Gasteiger partial charge in [0, 0.05) is 31.0 Å². The van der Waals surface area contributed by atoms with Crippen LogP contribution in [-0.4, -0.2) is 89.0 Å². The van der Waals surface area contributed by atoms with Crippen molar-refractivity contribution in [2.45, 2.75) is 12.6 Å². The molecule has 0 aliphatic carbocycles. The van der Waals surface area contributed by atoms with Crippen LogP contribution in [-0.2, 0) is 16.0 Å². The molecule has 17 heteroatoms. The minimum atomic E-state index is -5.08. The van der Waals surface area contributed by atoms with Gasteiger partial charge in [0.15, 0.2) is 17.1 Å². The number of likely N-dealkylation sites (N-methyl/N-ethyl adjacent to an activating group) is 2. The van der Waals surface area contributed by atoms with Gasteiger partial charge < -0.3 is 35.8 Å². The Bertz CT molecular complexity index is 1760. The number of alkyl halides is 3. The Morgan fingerprint density at radius 3 is 2.36 bits per heavy atom. The van der Waals surface area contributed by atoms with Crippen LogP contribution in [0.5, 0.6) is 0 Å². The summed E-state index contributed by atoms with van der Waals surface area (Å²) in [6, 6.07) is 12.0. The molecule has 3 amide bonds. The fraction of sp³-hybridized carbons (Fsp3) is 0.259. The highest BCUT2D eigenvalue weighted by atomic mass is 19.4. The van der Waals surface area contributed by atoms with Crippen LogP contribution in [0.2, 0.25) is 0 Å². The van der Waals surface area contributed by atoms with E-state index in [0.29, 0.717) is 29.6 Å². The average Bonchev–Trinajstić information content (AvgIpc) is 3.68. The Morgan fingerprint density at radius 1 is 1.07 bits per heavy atom. The zero-order chi connectivity index (χ0) is 32.5. The van der Waals surface area contributed by atoms with Crippen molar-refractivity contribution in [3.05, 3.63) is 59.4 Å². The van der Waals surface area contributed by atoms with Gasteiger partial charge in [0.2, 0.25) is 5.91 Å². The van der Waals surface area contributed by atoms with Crippen LogP contribution in [0.3, 0.4) is 0 Å². The Balaban J connectivity index is 0.000000566. The number of fused-ring (bicyclic) bond motifs is 2. The van der Waals surface area contributed by atoms with E-state index < -0.39 is 18.1 Å². The Morgan fingerprint density at radius 2 is 1.75 bits per heavy atom. The van der Waals surface area contributed by atoms with E-state index in [9.17, 15) is 27.6 Å². The number of hydrogen-bond acceptors (Lipinski definition) is 9. The standard InChI is InChI=1S/C25H26N8O4.C2HF3O2/c1-30(2)13-22(34)31(3)15-4-6-19-14(10-15)8-9-32(19)25(36)20-12-18(24(27)35)28-33(20)16-5-7-21-17(11-16)23(26)29-37-21;3-2(4,5)1(6)7/h4-7,10-12H,8-9,13H2,1-3H3,(H2,26,29)(H2,27,35);(H,6,7). The molecule has 0 spiro atoms. The van der Waals surface area contributed by atoms with Gasteiger partial charge in [-0.25, -0.2) is 9.48 Å². The molecule has 1 aliphatic rings. The average molecular weight is 617 g/mol. The molecule has 5 N–H and O–H groups in total. The SMILES string of the molecule is CN(C)CC(=O)N(C)c1ccc2c(c1)CCN2C(=O)c1cc(C(N)=O)nn1-c1ccc2onc(N)c2c1.O=C(O)C(F)(F)F. The Kier molecular flexibility index (Phi) is 8.61. The van der Waals surface area contributed by atoms with E-state index >= 15 is 0 Å². The Labute approximate surface area is 247 Å². The van der Waals surface area contributed by atoms with Gasteiger partial charge in [-0.15, -0.1) is 0 Å². The van der Waals surface area contributed by atoms with E-state index in [1.54, 1.807) is 35.0 Å². The first-order valence-electron chi connectivity index (χ1n) is 12.8. The summed E-state index contributed by atoms with van der Waals surface area (Å²) in [5, 5.41) is 15.7. The van der Waals surface area contributed by atoms with Crippen LogP contribution < -0.4 is 21.3 Å². The number of nitrogen functional groups attached to an aromatic ring is 1. The minimum Gasteiger partial charge on any atom is -0.475 e. The third-order valence-electron chi connectivity index (χ3n) is 6.57. The number of primary amides is 1. The summed E-state index contributed by atoms with van der Waals surface area (Å²) in [5.41, 5.74) is 14.9. The molecular formula is C27H27F3N8O6. The van der Waals surface area contributed by atoms with Crippen molar-refractivity contribution in [1.82, 2.24) is 19.8 Å². The molecule has 2 aromatic carbocycles. The second kappa shape index (κ2) is 12.0. The topological polar surface area (TPSA) is 194 Å². The van der Waals surface area contributed by atoms with Crippen LogP contribution in [0.4, 0.5) is 30.4 Å². The van der Waals surface area contributed by atoms with E-state index in [-0.39, 0.29) is 35.6 Å². The first-order chi connectivity index (χ1) is 20.6.